The van der Waals surface area contributed by atoms with E-state index in [0.717, 1.165) is 7.05 Å². The minimum atomic E-state index is -1.47. The maximum atomic E-state index is 9.81. The highest BCUT2D eigenvalue weighted by molar-refractivity contribution is 5.65. The SMILES string of the molecule is C[N+]1(O)C(O)=C(O)c2ccc(O)cc2C1O. The highest BCUT2D eigenvalue weighted by Gasteiger charge is 2.45. The summed E-state index contributed by atoms with van der Waals surface area (Å²) in [5.41, 5.74) is 0.313. The molecule has 16 heavy (non-hydrogen) atoms. The molecule has 0 radical (unpaired) electrons. The normalized spacial score (nSPS) is 29.1. The third kappa shape index (κ3) is 1.25. The van der Waals surface area contributed by atoms with E-state index in [4.69, 9.17) is 0 Å². The molecule has 6 heteroatoms. The Balaban J connectivity index is 2.73. The van der Waals surface area contributed by atoms with Crippen LogP contribution in [0.5, 0.6) is 5.75 Å². The van der Waals surface area contributed by atoms with Gasteiger partial charge in [-0.3, -0.25) is 0 Å². The molecular weight excluding hydrogens is 214 g/mol. The summed E-state index contributed by atoms with van der Waals surface area (Å²) in [6, 6.07) is 3.87. The van der Waals surface area contributed by atoms with Gasteiger partial charge in [-0.15, -0.1) is 0 Å². The van der Waals surface area contributed by atoms with E-state index in [0.29, 0.717) is 0 Å². The molecule has 1 heterocycles. The molecule has 0 fully saturated rings. The van der Waals surface area contributed by atoms with Gasteiger partial charge in [0.15, 0.2) is 0 Å². The molecule has 1 aliphatic heterocycles. The minimum absolute atomic E-state index is 0.105. The highest BCUT2D eigenvalue weighted by atomic mass is 16.6. The van der Waals surface area contributed by atoms with E-state index in [1.165, 1.54) is 18.2 Å². The van der Waals surface area contributed by atoms with Crippen LogP contribution >= 0.6 is 0 Å². The van der Waals surface area contributed by atoms with Gasteiger partial charge in [0.05, 0.1) is 5.56 Å². The molecule has 0 saturated heterocycles. The number of aliphatic hydroxyl groups is 3. The van der Waals surface area contributed by atoms with Gasteiger partial charge in [-0.25, -0.2) is 5.21 Å². The molecule has 0 spiro atoms. The molecule has 2 rings (SSSR count). The van der Waals surface area contributed by atoms with Crippen LogP contribution < -0.4 is 0 Å². The first-order valence-electron chi connectivity index (χ1n) is 4.58. The highest BCUT2D eigenvalue weighted by Crippen LogP contribution is 2.39. The summed E-state index contributed by atoms with van der Waals surface area (Å²) < 4.78 is -1.28. The van der Waals surface area contributed by atoms with Gasteiger partial charge in [-0.1, -0.05) is 4.65 Å². The quantitative estimate of drug-likeness (QED) is 0.424. The Morgan fingerprint density at radius 2 is 1.81 bits per heavy atom. The molecule has 1 aromatic rings. The zero-order chi connectivity index (χ0) is 12.1. The number of aliphatic hydroxyl groups excluding tert-OH is 3. The number of aromatic hydroxyl groups is 1. The Kier molecular flexibility index (Phi) is 2.09. The predicted molar refractivity (Wildman–Crippen MR) is 53.2 cm³/mol. The summed E-state index contributed by atoms with van der Waals surface area (Å²) >= 11 is 0. The smallest absolute Gasteiger partial charge is 0.368 e. The second-order valence-electron chi connectivity index (χ2n) is 3.84. The number of benzene rings is 1. The summed E-state index contributed by atoms with van der Waals surface area (Å²) in [4.78, 5) is 0. The second-order valence-corrected chi connectivity index (χ2v) is 3.84. The number of quaternary nitrogens is 1. The lowest BCUT2D eigenvalue weighted by Crippen LogP contribution is -2.46. The maximum Gasteiger partial charge on any atom is 0.368 e. The van der Waals surface area contributed by atoms with Crippen molar-refractivity contribution in [3.05, 3.63) is 35.2 Å². The van der Waals surface area contributed by atoms with Crippen LogP contribution in [0.2, 0.25) is 0 Å². The molecule has 6 nitrogen and oxygen atoms in total. The van der Waals surface area contributed by atoms with Crippen molar-refractivity contribution in [1.82, 2.24) is 0 Å². The number of hydroxylamine groups is 3. The molecule has 1 aromatic carbocycles. The minimum Gasteiger partial charge on any atom is -0.508 e. The van der Waals surface area contributed by atoms with Crippen molar-refractivity contribution in [2.75, 3.05) is 7.05 Å². The zero-order valence-electron chi connectivity index (χ0n) is 8.49. The third-order valence-corrected chi connectivity index (χ3v) is 2.69. The van der Waals surface area contributed by atoms with Gasteiger partial charge < -0.3 is 20.4 Å². The Bertz CT molecular complexity index is 480. The van der Waals surface area contributed by atoms with Crippen molar-refractivity contribution in [1.29, 1.82) is 0 Å². The number of hydrogen-bond acceptors (Lipinski definition) is 5. The largest absolute Gasteiger partial charge is 0.508 e. The molecular formula is C10H12NO5+. The van der Waals surface area contributed by atoms with E-state index in [1.807, 2.05) is 0 Å². The number of rotatable bonds is 0. The average molecular weight is 226 g/mol. The lowest BCUT2D eigenvalue weighted by molar-refractivity contribution is -1.11. The molecule has 0 aliphatic carbocycles. The fourth-order valence-electron chi connectivity index (χ4n) is 1.70. The molecule has 2 atom stereocenters. The molecule has 5 N–H and O–H groups in total. The van der Waals surface area contributed by atoms with Crippen LogP contribution in [0.4, 0.5) is 0 Å². The average Bonchev–Trinajstić information content (AvgIpc) is 2.24. The number of hydrogen-bond donors (Lipinski definition) is 5. The first-order valence-corrected chi connectivity index (χ1v) is 4.58. The van der Waals surface area contributed by atoms with Crippen molar-refractivity contribution in [2.24, 2.45) is 0 Å². The summed E-state index contributed by atoms with van der Waals surface area (Å²) in [6.45, 7) is 0. The van der Waals surface area contributed by atoms with Crippen LogP contribution in [-0.2, 0) is 0 Å². The second kappa shape index (κ2) is 3.11. The number of phenols is 1. The summed E-state index contributed by atoms with van der Waals surface area (Å²) in [5.74, 6) is -1.37. The molecule has 0 saturated carbocycles. The lowest BCUT2D eigenvalue weighted by atomic mass is 10.00. The van der Waals surface area contributed by atoms with Crippen molar-refractivity contribution >= 4 is 5.76 Å². The predicted octanol–water partition coefficient (Wildman–Crippen LogP) is 0.975. The Labute approximate surface area is 91.1 Å². The van der Waals surface area contributed by atoms with Crippen molar-refractivity contribution in [3.63, 3.8) is 0 Å². The summed E-state index contributed by atoms with van der Waals surface area (Å²) in [7, 11) is 1.11. The van der Waals surface area contributed by atoms with Gasteiger partial charge in [0.25, 0.3) is 6.23 Å². The molecule has 86 valence electrons. The Morgan fingerprint density at radius 3 is 2.44 bits per heavy atom. The first kappa shape index (κ1) is 10.7. The Morgan fingerprint density at radius 1 is 1.19 bits per heavy atom. The van der Waals surface area contributed by atoms with Gasteiger partial charge in [-0.05, 0) is 18.2 Å². The van der Waals surface area contributed by atoms with Crippen molar-refractivity contribution < 1.29 is 30.3 Å². The van der Waals surface area contributed by atoms with Crippen LogP contribution in [0.1, 0.15) is 17.4 Å². The molecule has 2 unspecified atom stereocenters. The molecule has 0 aromatic heterocycles. The van der Waals surface area contributed by atoms with Gasteiger partial charge in [0.2, 0.25) is 5.76 Å². The van der Waals surface area contributed by atoms with Gasteiger partial charge >= 0.3 is 5.88 Å². The van der Waals surface area contributed by atoms with E-state index < -0.39 is 22.5 Å². The van der Waals surface area contributed by atoms with Crippen LogP contribution in [0.3, 0.4) is 0 Å². The standard InChI is InChI=1S/C10H11NO5/c1-11(16)9(14)7-4-5(12)2-3-6(7)8(13)10(11)15/h2-4,9,14,16H,1H3,(H2-,12,13,15)/p+1. The van der Waals surface area contributed by atoms with E-state index in [2.05, 4.69) is 0 Å². The van der Waals surface area contributed by atoms with E-state index in [-0.39, 0.29) is 16.9 Å². The van der Waals surface area contributed by atoms with Crippen LogP contribution in [0.25, 0.3) is 5.76 Å². The molecule has 0 bridgehead atoms. The summed E-state index contributed by atoms with van der Waals surface area (Å²) in [6.07, 6.45) is -1.47. The van der Waals surface area contributed by atoms with Crippen LogP contribution in [-0.4, -0.2) is 37.3 Å². The molecule has 0 amide bonds. The number of phenolic OH excluding ortho intramolecular Hbond substituents is 1. The van der Waals surface area contributed by atoms with Crippen LogP contribution in [0.15, 0.2) is 24.1 Å². The fourth-order valence-corrected chi connectivity index (χ4v) is 1.70. The summed E-state index contributed by atoms with van der Waals surface area (Å²) in [5, 5.41) is 48.0. The maximum absolute atomic E-state index is 9.81. The van der Waals surface area contributed by atoms with E-state index in [9.17, 15) is 25.6 Å². The van der Waals surface area contributed by atoms with Gasteiger partial charge in [0, 0.05) is 5.56 Å². The van der Waals surface area contributed by atoms with E-state index in [1.54, 1.807) is 0 Å². The van der Waals surface area contributed by atoms with Gasteiger partial charge in [-0.2, -0.15) is 0 Å². The fraction of sp³-hybridized carbons (Fsp3) is 0.200. The van der Waals surface area contributed by atoms with E-state index >= 15 is 0 Å². The van der Waals surface area contributed by atoms with Gasteiger partial charge in [0.1, 0.15) is 12.8 Å². The Hall–Kier alpha value is -1.76. The topological polar surface area (TPSA) is 101 Å². The lowest BCUT2D eigenvalue weighted by Gasteiger charge is -2.32. The monoisotopic (exact) mass is 226 g/mol. The first-order chi connectivity index (χ1) is 7.35. The van der Waals surface area contributed by atoms with Crippen molar-refractivity contribution in [3.8, 4) is 5.75 Å². The van der Waals surface area contributed by atoms with Crippen molar-refractivity contribution in [2.45, 2.75) is 6.23 Å². The number of nitrogens with zero attached hydrogens (tertiary/aromatic N) is 1. The number of fused-ring (bicyclic) bond motifs is 1. The zero-order valence-corrected chi connectivity index (χ0v) is 8.49. The van der Waals surface area contributed by atoms with Crippen LogP contribution in [0, 0.1) is 0 Å². The third-order valence-electron chi connectivity index (χ3n) is 2.69. The molecule has 1 aliphatic rings.